The Balaban J connectivity index is 4.40. The number of hydrogen-bond acceptors (Lipinski definition) is 3. The molecule has 0 spiro atoms. The van der Waals surface area contributed by atoms with Crippen LogP contribution in [0.4, 0.5) is 0 Å². The average molecular weight is 233 g/mol. The highest BCUT2D eigenvalue weighted by molar-refractivity contribution is 6.70. The van der Waals surface area contributed by atoms with Crippen LogP contribution in [0.15, 0.2) is 12.3 Å². The summed E-state index contributed by atoms with van der Waals surface area (Å²) in [6, 6.07) is 0. The molecule has 0 atom stereocenters. The molecule has 0 aliphatic carbocycles. The minimum atomic E-state index is -1.62. The first-order chi connectivity index (χ1) is 6.01. The predicted octanol–water partition coefficient (Wildman–Crippen LogP) is 3.36. The van der Waals surface area contributed by atoms with E-state index in [2.05, 4.69) is 45.9 Å². The largest absolute Gasteiger partial charge is 0.298 e. The molecule has 0 saturated heterocycles. The summed E-state index contributed by atoms with van der Waals surface area (Å²) in [5.74, 6) is 0. The maximum atomic E-state index is 5.76. The summed E-state index contributed by atoms with van der Waals surface area (Å²) in [4.78, 5) is 0. The molecule has 0 fully saturated rings. The molecule has 14 heavy (non-hydrogen) atoms. The van der Waals surface area contributed by atoms with Gasteiger partial charge in [0, 0.05) is 0 Å². The lowest BCUT2D eigenvalue weighted by Gasteiger charge is -2.34. The second-order valence-electron chi connectivity index (χ2n) is 5.40. The van der Waals surface area contributed by atoms with Gasteiger partial charge in [0.2, 0.25) is 16.6 Å². The van der Waals surface area contributed by atoms with Gasteiger partial charge in [0.15, 0.2) is 0 Å². The summed E-state index contributed by atoms with van der Waals surface area (Å²) in [5.41, 5.74) is 0.801. The van der Waals surface area contributed by atoms with Gasteiger partial charge in [-0.15, -0.1) is 0 Å². The SMILES string of the molecule is C=C(C)N(O[Si](C)(C)C)O[Si](C)(C)C. The van der Waals surface area contributed by atoms with Gasteiger partial charge in [-0.2, -0.15) is 5.23 Å². The fraction of sp³-hybridized carbons (Fsp3) is 0.778. The van der Waals surface area contributed by atoms with Crippen LogP contribution in [-0.2, 0) is 9.05 Å². The zero-order chi connectivity index (χ0) is 11.6. The zero-order valence-corrected chi connectivity index (χ0v) is 12.5. The van der Waals surface area contributed by atoms with Gasteiger partial charge in [-0.25, -0.2) is 0 Å². The Hall–Kier alpha value is -0.106. The van der Waals surface area contributed by atoms with Crippen molar-refractivity contribution in [2.24, 2.45) is 0 Å². The molecule has 0 aromatic heterocycles. The van der Waals surface area contributed by atoms with E-state index in [4.69, 9.17) is 9.05 Å². The molecule has 0 radical (unpaired) electrons. The predicted molar refractivity (Wildman–Crippen MR) is 65.5 cm³/mol. The summed E-state index contributed by atoms with van der Waals surface area (Å²) in [5, 5.41) is 1.51. The second kappa shape index (κ2) is 4.61. The number of rotatable bonds is 5. The topological polar surface area (TPSA) is 21.7 Å². The quantitative estimate of drug-likeness (QED) is 0.537. The van der Waals surface area contributed by atoms with E-state index in [9.17, 15) is 0 Å². The van der Waals surface area contributed by atoms with Crippen LogP contribution in [0.5, 0.6) is 0 Å². The van der Waals surface area contributed by atoms with E-state index in [1.807, 2.05) is 6.92 Å². The Morgan fingerprint density at radius 2 is 1.21 bits per heavy atom. The van der Waals surface area contributed by atoms with E-state index in [1.165, 1.54) is 5.23 Å². The first kappa shape index (κ1) is 13.9. The van der Waals surface area contributed by atoms with Crippen LogP contribution in [-0.4, -0.2) is 21.9 Å². The molecule has 84 valence electrons. The van der Waals surface area contributed by atoms with E-state index >= 15 is 0 Å². The molecule has 0 heterocycles. The van der Waals surface area contributed by atoms with Crippen molar-refractivity contribution in [1.82, 2.24) is 5.23 Å². The number of allylic oxidation sites excluding steroid dienone is 1. The van der Waals surface area contributed by atoms with Gasteiger partial charge in [0.1, 0.15) is 0 Å². The van der Waals surface area contributed by atoms with E-state index in [0.717, 1.165) is 5.70 Å². The standard InChI is InChI=1S/C9H23NO2Si2/c1-9(2)10(11-13(3,4)5)12-14(6,7)8/h1H2,2-8H3. The molecule has 0 rings (SSSR count). The normalized spacial score (nSPS) is 12.8. The molecule has 3 nitrogen and oxygen atoms in total. The molecule has 0 amide bonds. The summed E-state index contributed by atoms with van der Waals surface area (Å²) >= 11 is 0. The fourth-order valence-corrected chi connectivity index (χ4v) is 2.13. The molecule has 0 aliphatic rings. The van der Waals surface area contributed by atoms with Crippen LogP contribution < -0.4 is 0 Å². The molecule has 0 aliphatic heterocycles. The maximum Gasteiger partial charge on any atom is 0.223 e. The molecule has 0 unspecified atom stereocenters. The lowest BCUT2D eigenvalue weighted by atomic mass is 10.6. The van der Waals surface area contributed by atoms with Crippen molar-refractivity contribution in [3.05, 3.63) is 12.3 Å². The van der Waals surface area contributed by atoms with Crippen LogP contribution in [0.25, 0.3) is 0 Å². The van der Waals surface area contributed by atoms with E-state index in [-0.39, 0.29) is 0 Å². The summed E-state index contributed by atoms with van der Waals surface area (Å²) in [6.45, 7) is 18.5. The highest BCUT2D eigenvalue weighted by Crippen LogP contribution is 2.16. The Morgan fingerprint density at radius 3 is 1.36 bits per heavy atom. The van der Waals surface area contributed by atoms with Crippen molar-refractivity contribution in [3.63, 3.8) is 0 Å². The van der Waals surface area contributed by atoms with Crippen LogP contribution in [0, 0.1) is 0 Å². The summed E-state index contributed by atoms with van der Waals surface area (Å²) < 4.78 is 11.5. The zero-order valence-electron chi connectivity index (χ0n) is 10.5. The van der Waals surface area contributed by atoms with Gasteiger partial charge in [-0.1, -0.05) is 6.58 Å². The molecular weight excluding hydrogens is 210 g/mol. The van der Waals surface area contributed by atoms with Crippen molar-refractivity contribution in [2.45, 2.75) is 46.2 Å². The van der Waals surface area contributed by atoms with E-state index in [0.29, 0.717) is 0 Å². The summed E-state index contributed by atoms with van der Waals surface area (Å²) in [6.07, 6.45) is 0. The molecular formula is C9H23NO2Si2. The van der Waals surface area contributed by atoms with Crippen molar-refractivity contribution in [2.75, 3.05) is 0 Å². The minimum Gasteiger partial charge on any atom is -0.298 e. The van der Waals surface area contributed by atoms with Gasteiger partial charge in [0.05, 0.1) is 5.70 Å². The third-order valence-corrected chi connectivity index (χ3v) is 2.45. The molecule has 0 aromatic carbocycles. The number of hydrogen-bond donors (Lipinski definition) is 0. The van der Waals surface area contributed by atoms with Gasteiger partial charge in [0.25, 0.3) is 0 Å². The highest BCUT2D eigenvalue weighted by Gasteiger charge is 2.26. The highest BCUT2D eigenvalue weighted by atomic mass is 28.4. The number of hydroxylamine groups is 2. The molecule has 0 aromatic rings. The van der Waals surface area contributed by atoms with Crippen molar-refractivity contribution >= 4 is 16.6 Å². The first-order valence-corrected chi connectivity index (χ1v) is 11.7. The minimum absolute atomic E-state index is 0.801. The monoisotopic (exact) mass is 233 g/mol. The first-order valence-electron chi connectivity index (χ1n) is 4.85. The molecule has 0 saturated carbocycles. The lowest BCUT2D eigenvalue weighted by molar-refractivity contribution is -0.242. The van der Waals surface area contributed by atoms with Crippen LogP contribution >= 0.6 is 0 Å². The smallest absolute Gasteiger partial charge is 0.223 e. The molecule has 0 N–H and O–H groups in total. The Kier molecular flexibility index (Phi) is 4.57. The molecule has 5 heteroatoms. The fourth-order valence-electron chi connectivity index (χ4n) is 0.672. The van der Waals surface area contributed by atoms with Crippen LogP contribution in [0.2, 0.25) is 39.3 Å². The van der Waals surface area contributed by atoms with E-state index in [1.54, 1.807) is 0 Å². The average Bonchev–Trinajstić information content (AvgIpc) is 1.78. The summed E-state index contributed by atoms with van der Waals surface area (Å²) in [7, 11) is -3.24. The van der Waals surface area contributed by atoms with Crippen molar-refractivity contribution < 1.29 is 9.05 Å². The Labute approximate surface area is 89.9 Å². The third kappa shape index (κ3) is 7.31. The van der Waals surface area contributed by atoms with Gasteiger partial charge in [-0.3, -0.25) is 9.05 Å². The van der Waals surface area contributed by atoms with E-state index < -0.39 is 16.6 Å². The Bertz CT molecular complexity index is 190. The Morgan fingerprint density at radius 1 is 0.929 bits per heavy atom. The second-order valence-corrected chi connectivity index (χ2v) is 14.2. The number of nitrogens with zero attached hydrogens (tertiary/aromatic N) is 1. The molecule has 0 bridgehead atoms. The van der Waals surface area contributed by atoms with Gasteiger partial charge >= 0.3 is 0 Å². The van der Waals surface area contributed by atoms with Crippen LogP contribution in [0.3, 0.4) is 0 Å². The van der Waals surface area contributed by atoms with Crippen molar-refractivity contribution in [3.8, 4) is 0 Å². The van der Waals surface area contributed by atoms with Crippen LogP contribution in [0.1, 0.15) is 6.92 Å². The van der Waals surface area contributed by atoms with Gasteiger partial charge in [-0.05, 0) is 46.2 Å². The van der Waals surface area contributed by atoms with Gasteiger partial charge < -0.3 is 0 Å². The lowest BCUT2D eigenvalue weighted by Crippen LogP contribution is -2.42. The van der Waals surface area contributed by atoms with Crippen molar-refractivity contribution in [1.29, 1.82) is 0 Å². The maximum absolute atomic E-state index is 5.76. The third-order valence-electron chi connectivity index (χ3n) is 1.03.